The maximum atomic E-state index is 12.8. The molecule has 0 aliphatic carbocycles. The van der Waals surface area contributed by atoms with Gasteiger partial charge in [-0.15, -0.1) is 0 Å². The summed E-state index contributed by atoms with van der Waals surface area (Å²) in [4.78, 5) is 29.9. The first-order chi connectivity index (χ1) is 10.6. The molecule has 2 saturated heterocycles. The van der Waals surface area contributed by atoms with Crippen molar-refractivity contribution in [3.05, 3.63) is 25.3 Å². The molecule has 0 bridgehead atoms. The van der Waals surface area contributed by atoms with Crippen molar-refractivity contribution in [3.63, 3.8) is 0 Å². The van der Waals surface area contributed by atoms with Crippen LogP contribution >= 0.6 is 0 Å². The van der Waals surface area contributed by atoms with Crippen molar-refractivity contribution in [2.24, 2.45) is 0 Å². The first-order valence-corrected chi connectivity index (χ1v) is 8.46. The van der Waals surface area contributed by atoms with Crippen LogP contribution in [0.15, 0.2) is 25.3 Å². The smallest absolute Gasteiger partial charge is 0.184 e. The first kappa shape index (κ1) is 17.1. The molecular formula is C18H28N2O2. The topological polar surface area (TPSA) is 40.6 Å². The Morgan fingerprint density at radius 2 is 1.27 bits per heavy atom. The second kappa shape index (κ2) is 7.84. The SMILES string of the molecule is C=CC(=O)C(CN1CCCCC1)(C(=O)C=C)N1CCCCC1. The van der Waals surface area contributed by atoms with E-state index in [4.69, 9.17) is 0 Å². The van der Waals surface area contributed by atoms with Gasteiger partial charge in [0.05, 0.1) is 0 Å². The fourth-order valence-electron chi connectivity index (χ4n) is 3.74. The highest BCUT2D eigenvalue weighted by atomic mass is 16.2. The fourth-order valence-corrected chi connectivity index (χ4v) is 3.74. The Morgan fingerprint density at radius 3 is 1.73 bits per heavy atom. The zero-order valence-corrected chi connectivity index (χ0v) is 13.6. The van der Waals surface area contributed by atoms with E-state index in [0.29, 0.717) is 6.54 Å². The van der Waals surface area contributed by atoms with Crippen LogP contribution in [-0.4, -0.2) is 59.6 Å². The Balaban J connectivity index is 2.33. The fraction of sp³-hybridized carbons (Fsp3) is 0.667. The lowest BCUT2D eigenvalue weighted by molar-refractivity contribution is -0.141. The van der Waals surface area contributed by atoms with Gasteiger partial charge in [0.25, 0.3) is 0 Å². The van der Waals surface area contributed by atoms with Crippen molar-refractivity contribution in [2.45, 2.75) is 44.1 Å². The van der Waals surface area contributed by atoms with E-state index >= 15 is 0 Å². The number of carbonyl (C=O) groups is 2. The van der Waals surface area contributed by atoms with Crippen LogP contribution in [0, 0.1) is 0 Å². The summed E-state index contributed by atoms with van der Waals surface area (Å²) >= 11 is 0. The normalized spacial score (nSPS) is 21.3. The molecule has 4 nitrogen and oxygen atoms in total. The highest BCUT2D eigenvalue weighted by Crippen LogP contribution is 2.27. The second-order valence-corrected chi connectivity index (χ2v) is 6.38. The van der Waals surface area contributed by atoms with Crippen LogP contribution in [0.25, 0.3) is 0 Å². The Bertz CT molecular complexity index is 412. The molecule has 0 radical (unpaired) electrons. The van der Waals surface area contributed by atoms with Crippen molar-refractivity contribution < 1.29 is 9.59 Å². The third-order valence-corrected chi connectivity index (χ3v) is 4.98. The van der Waals surface area contributed by atoms with Gasteiger partial charge in [-0.2, -0.15) is 0 Å². The van der Waals surface area contributed by atoms with Gasteiger partial charge >= 0.3 is 0 Å². The van der Waals surface area contributed by atoms with Gasteiger partial charge in [-0.3, -0.25) is 14.5 Å². The van der Waals surface area contributed by atoms with Gasteiger partial charge in [-0.05, 0) is 64.0 Å². The van der Waals surface area contributed by atoms with Crippen LogP contribution in [-0.2, 0) is 9.59 Å². The van der Waals surface area contributed by atoms with Gasteiger partial charge in [0.2, 0.25) is 0 Å². The largest absolute Gasteiger partial charge is 0.301 e. The molecule has 2 rings (SSSR count). The monoisotopic (exact) mass is 304 g/mol. The van der Waals surface area contributed by atoms with Crippen LogP contribution in [0.3, 0.4) is 0 Å². The number of hydrogen-bond acceptors (Lipinski definition) is 4. The lowest BCUT2D eigenvalue weighted by Gasteiger charge is -2.45. The molecule has 2 fully saturated rings. The van der Waals surface area contributed by atoms with Crippen molar-refractivity contribution in [1.29, 1.82) is 0 Å². The summed E-state index contributed by atoms with van der Waals surface area (Å²) in [5.41, 5.74) is -1.11. The highest BCUT2D eigenvalue weighted by Gasteiger charge is 2.49. The maximum Gasteiger partial charge on any atom is 0.184 e. The molecule has 2 aliphatic rings. The van der Waals surface area contributed by atoms with Crippen LogP contribution in [0.4, 0.5) is 0 Å². The van der Waals surface area contributed by atoms with E-state index in [-0.39, 0.29) is 11.6 Å². The average Bonchev–Trinajstić information content (AvgIpc) is 2.60. The summed E-state index contributed by atoms with van der Waals surface area (Å²) in [7, 11) is 0. The highest BCUT2D eigenvalue weighted by molar-refractivity contribution is 6.19. The minimum absolute atomic E-state index is 0.176. The van der Waals surface area contributed by atoms with Crippen molar-refractivity contribution in [2.75, 3.05) is 32.7 Å². The summed E-state index contributed by atoms with van der Waals surface area (Å²) in [5, 5.41) is 0. The molecule has 4 heteroatoms. The summed E-state index contributed by atoms with van der Waals surface area (Å²) in [6.07, 6.45) is 9.40. The minimum Gasteiger partial charge on any atom is -0.301 e. The van der Waals surface area contributed by atoms with E-state index in [9.17, 15) is 9.59 Å². The zero-order valence-electron chi connectivity index (χ0n) is 13.6. The van der Waals surface area contributed by atoms with Crippen molar-refractivity contribution in [3.8, 4) is 0 Å². The third-order valence-electron chi connectivity index (χ3n) is 4.98. The Hall–Kier alpha value is -1.26. The van der Waals surface area contributed by atoms with Crippen LogP contribution in [0.2, 0.25) is 0 Å². The molecule has 0 unspecified atom stereocenters. The molecule has 0 saturated carbocycles. The first-order valence-electron chi connectivity index (χ1n) is 8.46. The summed E-state index contributed by atoms with van der Waals surface area (Å²) in [6, 6.07) is 0. The molecule has 0 N–H and O–H groups in total. The predicted molar refractivity (Wildman–Crippen MR) is 88.9 cm³/mol. The van der Waals surface area contributed by atoms with Crippen LogP contribution in [0.5, 0.6) is 0 Å². The Labute approximate surface area is 133 Å². The number of nitrogens with zero attached hydrogens (tertiary/aromatic N) is 2. The molecule has 0 aromatic carbocycles. The van der Waals surface area contributed by atoms with E-state index in [1.54, 1.807) is 0 Å². The Morgan fingerprint density at radius 1 is 0.818 bits per heavy atom. The van der Waals surface area contributed by atoms with Gasteiger partial charge in [0.15, 0.2) is 17.1 Å². The standard InChI is InChI=1S/C18H28N2O2/c1-3-16(21)18(17(22)4-2,20-13-9-6-10-14-20)15-19-11-7-5-8-12-19/h3-4H,1-2,5-15H2. The third kappa shape index (κ3) is 3.39. The Kier molecular flexibility index (Phi) is 6.09. The summed E-state index contributed by atoms with van der Waals surface area (Å²) in [5.74, 6) is -0.352. The van der Waals surface area contributed by atoms with E-state index in [1.165, 1.54) is 25.0 Å². The van der Waals surface area contributed by atoms with Crippen molar-refractivity contribution >= 4 is 11.6 Å². The zero-order chi connectivity index (χ0) is 16.0. The van der Waals surface area contributed by atoms with Gasteiger partial charge < -0.3 is 4.90 Å². The van der Waals surface area contributed by atoms with Gasteiger partial charge in [0, 0.05) is 6.54 Å². The number of ketones is 2. The molecule has 0 atom stereocenters. The number of hydrogen-bond donors (Lipinski definition) is 0. The maximum absolute atomic E-state index is 12.8. The van der Waals surface area contributed by atoms with Gasteiger partial charge in [-0.25, -0.2) is 0 Å². The van der Waals surface area contributed by atoms with Gasteiger partial charge in [-0.1, -0.05) is 26.0 Å². The van der Waals surface area contributed by atoms with E-state index < -0.39 is 5.54 Å². The molecular weight excluding hydrogens is 276 g/mol. The summed E-state index contributed by atoms with van der Waals surface area (Å²) < 4.78 is 0. The average molecular weight is 304 g/mol. The quantitative estimate of drug-likeness (QED) is 0.534. The second-order valence-electron chi connectivity index (χ2n) is 6.38. The molecule has 0 amide bonds. The molecule has 22 heavy (non-hydrogen) atoms. The molecule has 2 aliphatic heterocycles. The number of carbonyl (C=O) groups excluding carboxylic acids is 2. The lowest BCUT2D eigenvalue weighted by Crippen LogP contribution is -2.66. The minimum atomic E-state index is -1.11. The lowest BCUT2D eigenvalue weighted by atomic mass is 9.83. The molecule has 0 aromatic heterocycles. The molecule has 0 spiro atoms. The number of piperidine rings is 2. The summed E-state index contributed by atoms with van der Waals surface area (Å²) in [6.45, 7) is 11.3. The van der Waals surface area contributed by atoms with E-state index in [1.807, 2.05) is 0 Å². The molecule has 122 valence electrons. The van der Waals surface area contributed by atoms with E-state index in [0.717, 1.165) is 51.9 Å². The molecule has 0 aromatic rings. The number of likely N-dealkylation sites (tertiary alicyclic amines) is 2. The number of rotatable bonds is 7. The predicted octanol–water partition coefficient (Wildman–Crippen LogP) is 2.21. The van der Waals surface area contributed by atoms with Crippen molar-refractivity contribution in [1.82, 2.24) is 9.80 Å². The van der Waals surface area contributed by atoms with Crippen LogP contribution in [0.1, 0.15) is 38.5 Å². The van der Waals surface area contributed by atoms with Gasteiger partial charge in [0.1, 0.15) is 0 Å². The van der Waals surface area contributed by atoms with E-state index in [2.05, 4.69) is 23.0 Å². The van der Waals surface area contributed by atoms with Crippen LogP contribution < -0.4 is 0 Å². The molecule has 2 heterocycles.